The molecule has 78 valence electrons. The summed E-state index contributed by atoms with van der Waals surface area (Å²) in [4.78, 5) is 4.17. The number of aliphatic hydroxyl groups excluding tert-OH is 1. The molecule has 14 heavy (non-hydrogen) atoms. The van der Waals surface area contributed by atoms with Gasteiger partial charge in [-0.2, -0.15) is 16.7 Å². The van der Waals surface area contributed by atoms with E-state index in [4.69, 9.17) is 4.52 Å². The van der Waals surface area contributed by atoms with Gasteiger partial charge in [0.1, 0.15) is 6.10 Å². The Morgan fingerprint density at radius 2 is 2.43 bits per heavy atom. The van der Waals surface area contributed by atoms with Gasteiger partial charge in [0, 0.05) is 17.3 Å². The Morgan fingerprint density at radius 3 is 3.00 bits per heavy atom. The second-order valence-corrected chi connectivity index (χ2v) is 5.56. The van der Waals surface area contributed by atoms with E-state index in [-0.39, 0.29) is 0 Å². The molecule has 1 aliphatic heterocycles. The zero-order valence-corrected chi connectivity index (χ0v) is 9.48. The molecular weight excluding hydrogens is 220 g/mol. The minimum atomic E-state index is -0.669. The van der Waals surface area contributed by atoms with Gasteiger partial charge in [-0.1, -0.05) is 5.16 Å². The molecule has 0 radical (unpaired) electrons. The van der Waals surface area contributed by atoms with Gasteiger partial charge in [-0.15, -0.1) is 11.8 Å². The van der Waals surface area contributed by atoms with Gasteiger partial charge in [0.15, 0.2) is 5.82 Å². The van der Waals surface area contributed by atoms with E-state index in [1.165, 1.54) is 5.75 Å². The van der Waals surface area contributed by atoms with Crippen molar-refractivity contribution in [1.82, 2.24) is 10.1 Å². The molecule has 2 unspecified atom stereocenters. The standard InChI is InChI=1S/C8H12N2O2S2/c1-5(11)8-9-7(10-12-8)6-4-13-2-3-14-6/h5-6,11H,2-4H2,1H3. The lowest BCUT2D eigenvalue weighted by Crippen LogP contribution is -2.08. The summed E-state index contributed by atoms with van der Waals surface area (Å²) in [5.74, 6) is 4.40. The molecule has 1 aromatic heterocycles. The molecule has 1 aromatic rings. The monoisotopic (exact) mass is 232 g/mol. The fourth-order valence-electron chi connectivity index (χ4n) is 1.18. The van der Waals surface area contributed by atoms with E-state index in [0.717, 1.165) is 17.3 Å². The smallest absolute Gasteiger partial charge is 0.255 e. The molecule has 0 aromatic carbocycles. The maximum absolute atomic E-state index is 9.23. The van der Waals surface area contributed by atoms with Crippen molar-refractivity contribution in [2.75, 3.05) is 17.3 Å². The van der Waals surface area contributed by atoms with Crippen LogP contribution in [0, 0.1) is 0 Å². The second-order valence-electron chi connectivity index (χ2n) is 3.10. The average molecular weight is 232 g/mol. The lowest BCUT2D eigenvalue weighted by Gasteiger charge is -2.16. The van der Waals surface area contributed by atoms with Crippen molar-refractivity contribution < 1.29 is 9.63 Å². The number of aromatic nitrogens is 2. The largest absolute Gasteiger partial charge is 0.384 e. The first-order valence-electron chi connectivity index (χ1n) is 4.48. The topological polar surface area (TPSA) is 59.2 Å². The van der Waals surface area contributed by atoms with E-state index in [1.807, 2.05) is 23.5 Å². The predicted molar refractivity (Wildman–Crippen MR) is 57.5 cm³/mol. The maximum atomic E-state index is 9.23. The van der Waals surface area contributed by atoms with E-state index in [0.29, 0.717) is 11.1 Å². The highest BCUT2D eigenvalue weighted by Gasteiger charge is 2.22. The van der Waals surface area contributed by atoms with Gasteiger partial charge < -0.3 is 9.63 Å². The quantitative estimate of drug-likeness (QED) is 0.836. The van der Waals surface area contributed by atoms with Crippen molar-refractivity contribution in [2.24, 2.45) is 0 Å². The molecule has 1 aliphatic rings. The highest BCUT2D eigenvalue weighted by Crippen LogP contribution is 2.35. The van der Waals surface area contributed by atoms with Crippen LogP contribution in [0.4, 0.5) is 0 Å². The van der Waals surface area contributed by atoms with Crippen LogP contribution in [0.3, 0.4) is 0 Å². The van der Waals surface area contributed by atoms with Crippen LogP contribution in [0.2, 0.25) is 0 Å². The molecule has 6 heteroatoms. The molecule has 2 heterocycles. The van der Waals surface area contributed by atoms with Crippen molar-refractivity contribution in [3.63, 3.8) is 0 Å². The lowest BCUT2D eigenvalue weighted by atomic mass is 10.4. The molecule has 2 atom stereocenters. The number of thioether (sulfide) groups is 2. The van der Waals surface area contributed by atoms with E-state index in [1.54, 1.807) is 6.92 Å². The average Bonchev–Trinajstić information content (AvgIpc) is 2.68. The Labute approximate surface area is 90.8 Å². The Balaban J connectivity index is 2.07. The number of aliphatic hydroxyl groups is 1. The lowest BCUT2D eigenvalue weighted by molar-refractivity contribution is 0.151. The molecule has 1 N–H and O–H groups in total. The first-order chi connectivity index (χ1) is 6.77. The number of rotatable bonds is 2. The molecule has 0 spiro atoms. The fraction of sp³-hybridized carbons (Fsp3) is 0.750. The summed E-state index contributed by atoms with van der Waals surface area (Å²) < 4.78 is 4.95. The minimum absolute atomic E-state index is 0.316. The van der Waals surface area contributed by atoms with E-state index < -0.39 is 6.10 Å². The summed E-state index contributed by atoms with van der Waals surface area (Å²) in [5, 5.41) is 13.4. The maximum Gasteiger partial charge on any atom is 0.255 e. The summed E-state index contributed by atoms with van der Waals surface area (Å²) in [6.45, 7) is 1.63. The minimum Gasteiger partial charge on any atom is -0.384 e. The van der Waals surface area contributed by atoms with Gasteiger partial charge in [-0.3, -0.25) is 0 Å². The van der Waals surface area contributed by atoms with Gasteiger partial charge >= 0.3 is 0 Å². The Hall–Kier alpha value is -0.200. The van der Waals surface area contributed by atoms with Crippen LogP contribution in [0.25, 0.3) is 0 Å². The summed E-state index contributed by atoms with van der Waals surface area (Å²) in [7, 11) is 0. The van der Waals surface area contributed by atoms with Gasteiger partial charge in [-0.05, 0) is 6.92 Å². The summed E-state index contributed by atoms with van der Waals surface area (Å²) in [6.07, 6.45) is -0.669. The first kappa shape index (κ1) is 10.3. The van der Waals surface area contributed by atoms with E-state index in [9.17, 15) is 5.11 Å². The van der Waals surface area contributed by atoms with Crippen molar-refractivity contribution in [1.29, 1.82) is 0 Å². The third kappa shape index (κ3) is 2.24. The highest BCUT2D eigenvalue weighted by atomic mass is 32.2. The summed E-state index contributed by atoms with van der Waals surface area (Å²) >= 11 is 3.76. The molecule has 0 saturated carbocycles. The molecule has 1 saturated heterocycles. The SMILES string of the molecule is CC(O)c1nc(C2CSCCS2)no1. The van der Waals surface area contributed by atoms with Crippen LogP contribution in [0.1, 0.15) is 30.0 Å². The van der Waals surface area contributed by atoms with Crippen molar-refractivity contribution in [3.05, 3.63) is 11.7 Å². The number of hydrogen-bond donors (Lipinski definition) is 1. The highest BCUT2D eigenvalue weighted by molar-refractivity contribution is 8.06. The van der Waals surface area contributed by atoms with Crippen LogP contribution >= 0.6 is 23.5 Å². The van der Waals surface area contributed by atoms with Crippen LogP contribution < -0.4 is 0 Å². The Bertz CT molecular complexity index is 297. The third-order valence-electron chi connectivity index (χ3n) is 1.92. The summed E-state index contributed by atoms with van der Waals surface area (Å²) in [6, 6.07) is 0. The molecule has 0 aliphatic carbocycles. The molecule has 4 nitrogen and oxygen atoms in total. The van der Waals surface area contributed by atoms with Gasteiger partial charge in [0.05, 0.1) is 5.25 Å². The van der Waals surface area contributed by atoms with Crippen LogP contribution in [-0.2, 0) is 0 Å². The molecule has 2 rings (SSSR count). The Morgan fingerprint density at radius 1 is 1.57 bits per heavy atom. The normalized spacial score (nSPS) is 24.9. The Kier molecular flexibility index (Phi) is 3.35. The van der Waals surface area contributed by atoms with Crippen LogP contribution in [0.5, 0.6) is 0 Å². The summed E-state index contributed by atoms with van der Waals surface area (Å²) in [5.41, 5.74) is 0. The predicted octanol–water partition coefficient (Wildman–Crippen LogP) is 1.64. The van der Waals surface area contributed by atoms with Gasteiger partial charge in [0.25, 0.3) is 5.89 Å². The number of hydrogen-bond acceptors (Lipinski definition) is 6. The fourth-order valence-corrected chi connectivity index (χ4v) is 3.77. The van der Waals surface area contributed by atoms with E-state index >= 15 is 0 Å². The zero-order valence-electron chi connectivity index (χ0n) is 7.84. The molecule has 0 amide bonds. The molecular formula is C8H12N2O2S2. The van der Waals surface area contributed by atoms with Crippen LogP contribution in [0.15, 0.2) is 4.52 Å². The zero-order chi connectivity index (χ0) is 9.97. The first-order valence-corrected chi connectivity index (χ1v) is 6.68. The van der Waals surface area contributed by atoms with Crippen molar-refractivity contribution >= 4 is 23.5 Å². The number of nitrogens with zero attached hydrogens (tertiary/aromatic N) is 2. The van der Waals surface area contributed by atoms with Gasteiger partial charge in [-0.25, -0.2) is 0 Å². The van der Waals surface area contributed by atoms with Gasteiger partial charge in [0.2, 0.25) is 0 Å². The van der Waals surface area contributed by atoms with Crippen molar-refractivity contribution in [2.45, 2.75) is 18.3 Å². The third-order valence-corrected chi connectivity index (χ3v) is 4.67. The second kappa shape index (κ2) is 4.55. The molecule has 1 fully saturated rings. The molecule has 0 bridgehead atoms. The van der Waals surface area contributed by atoms with Crippen LogP contribution in [-0.4, -0.2) is 32.5 Å². The van der Waals surface area contributed by atoms with E-state index in [2.05, 4.69) is 10.1 Å². The van der Waals surface area contributed by atoms with Crippen molar-refractivity contribution in [3.8, 4) is 0 Å².